The maximum absolute atomic E-state index is 5.50. The van der Waals surface area contributed by atoms with Crippen LogP contribution in [0.4, 0.5) is 5.69 Å². The van der Waals surface area contributed by atoms with Crippen LogP contribution in [0.5, 0.6) is 5.75 Å². The number of nitrogens with zero attached hydrogens (tertiary/aromatic N) is 2. The first kappa shape index (κ1) is 12.5. The van der Waals surface area contributed by atoms with E-state index in [2.05, 4.69) is 29.5 Å². The largest absolute Gasteiger partial charge is 0.490 e. The van der Waals surface area contributed by atoms with Crippen LogP contribution in [0.1, 0.15) is 13.3 Å². The van der Waals surface area contributed by atoms with Crippen molar-refractivity contribution >= 4 is 5.69 Å². The van der Waals surface area contributed by atoms with Crippen molar-refractivity contribution in [2.45, 2.75) is 19.9 Å². The second kappa shape index (κ2) is 6.69. The highest BCUT2D eigenvalue weighted by Crippen LogP contribution is 2.09. The lowest BCUT2D eigenvalue weighted by Crippen LogP contribution is -2.10. The highest BCUT2D eigenvalue weighted by Gasteiger charge is 1.98. The van der Waals surface area contributed by atoms with Crippen molar-refractivity contribution in [2.24, 2.45) is 0 Å². The number of anilines is 1. The van der Waals surface area contributed by atoms with Gasteiger partial charge >= 0.3 is 0 Å². The SMILES string of the molecule is CCCOc1cnn(CCNc2ccccc2)c1. The number of hydrogen-bond acceptors (Lipinski definition) is 3. The van der Waals surface area contributed by atoms with E-state index in [9.17, 15) is 0 Å². The average molecular weight is 245 g/mol. The van der Waals surface area contributed by atoms with Crippen LogP contribution in [-0.2, 0) is 6.54 Å². The molecular formula is C14H19N3O. The molecule has 0 aliphatic carbocycles. The molecule has 0 saturated heterocycles. The Morgan fingerprint density at radius 1 is 1.28 bits per heavy atom. The molecule has 0 radical (unpaired) electrons. The second-order valence-corrected chi connectivity index (χ2v) is 4.08. The minimum atomic E-state index is 0.744. The molecule has 0 saturated carbocycles. The van der Waals surface area contributed by atoms with E-state index in [1.807, 2.05) is 29.1 Å². The Balaban J connectivity index is 1.75. The molecule has 1 N–H and O–H groups in total. The summed E-state index contributed by atoms with van der Waals surface area (Å²) < 4.78 is 7.39. The smallest absolute Gasteiger partial charge is 0.157 e. The van der Waals surface area contributed by atoms with Crippen molar-refractivity contribution in [1.82, 2.24) is 9.78 Å². The van der Waals surface area contributed by atoms with Gasteiger partial charge in [-0.05, 0) is 18.6 Å². The summed E-state index contributed by atoms with van der Waals surface area (Å²) >= 11 is 0. The van der Waals surface area contributed by atoms with E-state index in [0.29, 0.717) is 0 Å². The van der Waals surface area contributed by atoms with Gasteiger partial charge in [-0.2, -0.15) is 5.10 Å². The molecule has 2 rings (SSSR count). The van der Waals surface area contributed by atoms with Crippen LogP contribution < -0.4 is 10.1 Å². The first-order chi connectivity index (χ1) is 8.88. The quantitative estimate of drug-likeness (QED) is 0.815. The first-order valence-electron chi connectivity index (χ1n) is 6.32. The normalized spacial score (nSPS) is 10.3. The monoisotopic (exact) mass is 245 g/mol. The lowest BCUT2D eigenvalue weighted by molar-refractivity contribution is 0.317. The number of aromatic nitrogens is 2. The third-order valence-electron chi connectivity index (χ3n) is 2.53. The van der Waals surface area contributed by atoms with Crippen LogP contribution in [0.15, 0.2) is 42.7 Å². The molecule has 1 heterocycles. The van der Waals surface area contributed by atoms with Crippen LogP contribution in [0.25, 0.3) is 0 Å². The van der Waals surface area contributed by atoms with Crippen LogP contribution in [-0.4, -0.2) is 22.9 Å². The zero-order valence-electron chi connectivity index (χ0n) is 10.7. The van der Waals surface area contributed by atoms with Crippen molar-refractivity contribution in [1.29, 1.82) is 0 Å². The molecule has 0 amide bonds. The molecule has 0 atom stereocenters. The maximum atomic E-state index is 5.50. The molecule has 96 valence electrons. The summed E-state index contributed by atoms with van der Waals surface area (Å²) in [5.41, 5.74) is 1.13. The van der Waals surface area contributed by atoms with Gasteiger partial charge in [0.15, 0.2) is 5.75 Å². The zero-order chi connectivity index (χ0) is 12.6. The fourth-order valence-electron chi connectivity index (χ4n) is 1.63. The van der Waals surface area contributed by atoms with Crippen molar-refractivity contribution in [3.05, 3.63) is 42.7 Å². The number of para-hydroxylation sites is 1. The molecule has 1 aromatic heterocycles. The molecule has 4 nitrogen and oxygen atoms in total. The molecule has 0 spiro atoms. The maximum Gasteiger partial charge on any atom is 0.157 e. The van der Waals surface area contributed by atoms with Gasteiger partial charge in [-0.1, -0.05) is 25.1 Å². The molecule has 2 aromatic rings. The Morgan fingerprint density at radius 3 is 2.89 bits per heavy atom. The van der Waals surface area contributed by atoms with Crippen molar-refractivity contribution in [3.63, 3.8) is 0 Å². The van der Waals surface area contributed by atoms with Gasteiger partial charge in [-0.15, -0.1) is 0 Å². The molecule has 0 aliphatic rings. The van der Waals surface area contributed by atoms with Crippen LogP contribution >= 0.6 is 0 Å². The molecule has 0 bridgehead atoms. The Kier molecular flexibility index (Phi) is 4.64. The molecule has 4 heteroatoms. The van der Waals surface area contributed by atoms with Crippen molar-refractivity contribution in [3.8, 4) is 5.75 Å². The minimum absolute atomic E-state index is 0.744. The Morgan fingerprint density at radius 2 is 2.11 bits per heavy atom. The van der Waals surface area contributed by atoms with E-state index in [1.165, 1.54) is 0 Å². The summed E-state index contributed by atoms with van der Waals surface area (Å²) in [7, 11) is 0. The predicted molar refractivity (Wildman–Crippen MR) is 72.9 cm³/mol. The van der Waals surface area contributed by atoms with Crippen molar-refractivity contribution < 1.29 is 4.74 Å². The summed E-state index contributed by atoms with van der Waals surface area (Å²) in [6.07, 6.45) is 4.71. The van der Waals surface area contributed by atoms with E-state index in [0.717, 1.165) is 37.6 Å². The number of rotatable bonds is 7. The van der Waals surface area contributed by atoms with E-state index >= 15 is 0 Å². The number of hydrogen-bond donors (Lipinski definition) is 1. The van der Waals surface area contributed by atoms with Gasteiger partial charge < -0.3 is 10.1 Å². The van der Waals surface area contributed by atoms with Crippen LogP contribution in [0.3, 0.4) is 0 Å². The van der Waals surface area contributed by atoms with Gasteiger partial charge in [0.05, 0.1) is 25.5 Å². The fourth-order valence-corrected chi connectivity index (χ4v) is 1.63. The third kappa shape index (κ3) is 3.80. The standard InChI is InChI=1S/C14H19N3O/c1-2-10-18-14-11-16-17(12-14)9-8-15-13-6-4-3-5-7-13/h3-7,11-12,15H,2,8-10H2,1H3. The fraction of sp³-hybridized carbons (Fsp3) is 0.357. The summed E-state index contributed by atoms with van der Waals surface area (Å²) in [5, 5.41) is 7.60. The van der Waals surface area contributed by atoms with Gasteiger partial charge in [0.2, 0.25) is 0 Å². The number of ether oxygens (including phenoxy) is 1. The summed E-state index contributed by atoms with van der Waals surface area (Å²) in [4.78, 5) is 0. The first-order valence-corrected chi connectivity index (χ1v) is 6.32. The molecule has 0 fully saturated rings. The van der Waals surface area contributed by atoms with Crippen LogP contribution in [0.2, 0.25) is 0 Å². The van der Waals surface area contributed by atoms with Gasteiger partial charge in [-0.3, -0.25) is 4.68 Å². The number of benzene rings is 1. The van der Waals surface area contributed by atoms with E-state index in [-0.39, 0.29) is 0 Å². The summed E-state index contributed by atoms with van der Waals surface area (Å²) in [6, 6.07) is 10.2. The van der Waals surface area contributed by atoms with Gasteiger partial charge in [-0.25, -0.2) is 0 Å². The van der Waals surface area contributed by atoms with Crippen molar-refractivity contribution in [2.75, 3.05) is 18.5 Å². The third-order valence-corrected chi connectivity index (χ3v) is 2.53. The molecule has 18 heavy (non-hydrogen) atoms. The zero-order valence-corrected chi connectivity index (χ0v) is 10.7. The lowest BCUT2D eigenvalue weighted by Gasteiger charge is -2.05. The van der Waals surface area contributed by atoms with Gasteiger partial charge in [0.25, 0.3) is 0 Å². The highest BCUT2D eigenvalue weighted by atomic mass is 16.5. The molecule has 0 aliphatic heterocycles. The van der Waals surface area contributed by atoms with E-state index in [4.69, 9.17) is 4.74 Å². The number of nitrogens with one attached hydrogen (secondary N) is 1. The predicted octanol–water partition coefficient (Wildman–Crippen LogP) is 2.78. The average Bonchev–Trinajstić information content (AvgIpc) is 2.85. The Labute approximate surface area is 108 Å². The summed E-state index contributed by atoms with van der Waals surface area (Å²) in [6.45, 7) is 4.51. The van der Waals surface area contributed by atoms with Gasteiger partial charge in [0, 0.05) is 12.2 Å². The molecular weight excluding hydrogens is 226 g/mol. The van der Waals surface area contributed by atoms with E-state index < -0.39 is 0 Å². The lowest BCUT2D eigenvalue weighted by atomic mass is 10.3. The second-order valence-electron chi connectivity index (χ2n) is 4.08. The Bertz CT molecular complexity index is 453. The van der Waals surface area contributed by atoms with E-state index in [1.54, 1.807) is 6.20 Å². The topological polar surface area (TPSA) is 39.1 Å². The molecule has 1 aromatic carbocycles. The Hall–Kier alpha value is -1.97. The van der Waals surface area contributed by atoms with Crippen LogP contribution in [0, 0.1) is 0 Å². The highest BCUT2D eigenvalue weighted by molar-refractivity contribution is 5.42. The summed E-state index contributed by atoms with van der Waals surface area (Å²) in [5.74, 6) is 0.844. The van der Waals surface area contributed by atoms with Gasteiger partial charge in [0.1, 0.15) is 0 Å². The minimum Gasteiger partial charge on any atom is -0.490 e. The molecule has 0 unspecified atom stereocenters.